The predicted molar refractivity (Wildman–Crippen MR) is 85.8 cm³/mol. The van der Waals surface area contributed by atoms with Gasteiger partial charge < -0.3 is 10.7 Å². The first-order chi connectivity index (χ1) is 10.7. The number of nitrogens with zero attached hydrogens (tertiary/aromatic N) is 3. The minimum Gasteiger partial charge on any atom is -0.369 e. The number of amides is 1. The van der Waals surface area contributed by atoms with Crippen LogP contribution >= 0.6 is 11.8 Å². The normalized spacial score (nSPS) is 11.3. The quantitative estimate of drug-likeness (QED) is 0.310. The number of nitrogens with two attached hydrogens (primary N) is 1. The highest BCUT2D eigenvalue weighted by atomic mass is 32.2. The van der Waals surface area contributed by atoms with E-state index in [1.807, 2.05) is 30.5 Å². The lowest BCUT2D eigenvalue weighted by Crippen LogP contribution is -2.13. The van der Waals surface area contributed by atoms with Gasteiger partial charge in [-0.3, -0.25) is 4.79 Å². The van der Waals surface area contributed by atoms with E-state index >= 15 is 0 Å². The Morgan fingerprint density at radius 3 is 3.18 bits per heavy atom. The van der Waals surface area contributed by atoms with Crippen LogP contribution in [0.1, 0.15) is 5.56 Å². The standard InChI is InChI=1S/C13H13N7OS/c14-11(21)7-22-13-17-12(19-20-13)18-16-6-8-5-15-10-4-2-1-3-9(8)10/h1-6,15H,7H2,(H2,14,21)(H2,17,18,19,20)/b16-6+. The second-order valence-corrected chi connectivity index (χ2v) is 5.32. The third-order valence-corrected chi connectivity index (χ3v) is 3.67. The van der Waals surface area contributed by atoms with E-state index in [0.717, 1.165) is 28.2 Å². The Kier molecular flexibility index (Phi) is 4.05. The van der Waals surface area contributed by atoms with Gasteiger partial charge in [0.05, 0.1) is 12.0 Å². The molecule has 8 nitrogen and oxygen atoms in total. The van der Waals surface area contributed by atoms with Gasteiger partial charge in [-0.15, -0.1) is 5.10 Å². The van der Waals surface area contributed by atoms with E-state index in [-0.39, 0.29) is 5.75 Å². The summed E-state index contributed by atoms with van der Waals surface area (Å²) in [5, 5.41) is 12.2. The van der Waals surface area contributed by atoms with Gasteiger partial charge in [-0.05, 0) is 6.07 Å². The number of rotatable bonds is 6. The first kappa shape index (κ1) is 14.1. The van der Waals surface area contributed by atoms with Crippen LogP contribution in [0.2, 0.25) is 0 Å². The van der Waals surface area contributed by atoms with Crippen molar-refractivity contribution in [3.8, 4) is 0 Å². The smallest absolute Gasteiger partial charge is 0.240 e. The molecule has 0 bridgehead atoms. The lowest BCUT2D eigenvalue weighted by atomic mass is 10.2. The molecule has 2 aromatic heterocycles. The summed E-state index contributed by atoms with van der Waals surface area (Å²) in [5.41, 5.74) is 9.83. The minimum atomic E-state index is -0.415. The lowest BCUT2D eigenvalue weighted by molar-refractivity contribution is -0.115. The van der Waals surface area contributed by atoms with Gasteiger partial charge >= 0.3 is 0 Å². The van der Waals surface area contributed by atoms with Crippen LogP contribution in [0.25, 0.3) is 10.9 Å². The molecule has 0 unspecified atom stereocenters. The van der Waals surface area contributed by atoms with Crippen LogP contribution in [0.3, 0.4) is 0 Å². The molecule has 0 spiro atoms. The summed E-state index contributed by atoms with van der Waals surface area (Å²) >= 11 is 1.16. The maximum Gasteiger partial charge on any atom is 0.240 e. The number of benzene rings is 1. The van der Waals surface area contributed by atoms with Gasteiger partial charge in [0.1, 0.15) is 0 Å². The SMILES string of the molecule is NC(=O)CSc1n[nH]c(N/N=C/c2c[nH]c3ccccc23)n1. The minimum absolute atomic E-state index is 0.135. The third-order valence-electron chi connectivity index (χ3n) is 2.80. The average molecular weight is 315 g/mol. The van der Waals surface area contributed by atoms with E-state index in [1.165, 1.54) is 0 Å². The van der Waals surface area contributed by atoms with Gasteiger partial charge in [-0.2, -0.15) is 10.1 Å². The van der Waals surface area contributed by atoms with E-state index in [9.17, 15) is 4.79 Å². The van der Waals surface area contributed by atoms with Gasteiger partial charge in [-0.25, -0.2) is 10.5 Å². The lowest BCUT2D eigenvalue weighted by Gasteiger charge is -1.93. The number of carbonyl (C=O) groups is 1. The fourth-order valence-corrected chi connectivity index (χ4v) is 2.40. The van der Waals surface area contributed by atoms with E-state index in [1.54, 1.807) is 6.21 Å². The molecule has 5 N–H and O–H groups in total. The van der Waals surface area contributed by atoms with Crippen molar-refractivity contribution in [1.29, 1.82) is 0 Å². The monoisotopic (exact) mass is 315 g/mol. The van der Waals surface area contributed by atoms with Crippen LogP contribution in [0.15, 0.2) is 40.7 Å². The topological polar surface area (TPSA) is 125 Å². The zero-order valence-electron chi connectivity index (χ0n) is 11.4. The van der Waals surface area contributed by atoms with Crippen molar-refractivity contribution < 1.29 is 4.79 Å². The van der Waals surface area contributed by atoms with Crippen molar-refractivity contribution >= 4 is 40.7 Å². The van der Waals surface area contributed by atoms with Gasteiger partial charge in [-0.1, -0.05) is 30.0 Å². The number of anilines is 1. The second-order valence-electron chi connectivity index (χ2n) is 4.38. The highest BCUT2D eigenvalue weighted by molar-refractivity contribution is 7.99. The zero-order chi connectivity index (χ0) is 15.4. The van der Waals surface area contributed by atoms with E-state index in [0.29, 0.717) is 11.1 Å². The Morgan fingerprint density at radius 1 is 1.45 bits per heavy atom. The number of aromatic amines is 2. The van der Waals surface area contributed by atoms with Crippen molar-refractivity contribution in [3.05, 3.63) is 36.0 Å². The number of aromatic nitrogens is 4. The van der Waals surface area contributed by atoms with Crippen molar-refractivity contribution in [2.45, 2.75) is 5.16 Å². The molecule has 112 valence electrons. The summed E-state index contributed by atoms with van der Waals surface area (Å²) < 4.78 is 0. The van der Waals surface area contributed by atoms with Gasteiger partial charge in [0.15, 0.2) is 0 Å². The summed E-state index contributed by atoms with van der Waals surface area (Å²) in [4.78, 5) is 18.0. The molecular formula is C13H13N7OS. The summed E-state index contributed by atoms with van der Waals surface area (Å²) in [6, 6.07) is 7.95. The van der Waals surface area contributed by atoms with Crippen molar-refractivity contribution in [3.63, 3.8) is 0 Å². The molecule has 1 aromatic carbocycles. The number of H-pyrrole nitrogens is 2. The second kappa shape index (κ2) is 6.31. The molecule has 0 fully saturated rings. The first-order valence-corrected chi connectivity index (χ1v) is 7.39. The number of primary amides is 1. The summed E-state index contributed by atoms with van der Waals surface area (Å²) in [5.74, 6) is 0.111. The third kappa shape index (κ3) is 3.26. The zero-order valence-corrected chi connectivity index (χ0v) is 12.2. The molecule has 2 heterocycles. The van der Waals surface area contributed by atoms with Crippen molar-refractivity contribution in [1.82, 2.24) is 20.2 Å². The summed E-state index contributed by atoms with van der Waals surface area (Å²) in [6.45, 7) is 0. The number of hydrazone groups is 1. The van der Waals surface area contributed by atoms with Crippen LogP contribution < -0.4 is 11.2 Å². The fourth-order valence-electron chi connectivity index (χ4n) is 1.86. The Hall–Kier alpha value is -2.81. The van der Waals surface area contributed by atoms with Gasteiger partial charge in [0.2, 0.25) is 17.0 Å². The number of hydrogen-bond acceptors (Lipinski definition) is 6. The molecule has 1 amide bonds. The molecule has 9 heteroatoms. The molecule has 3 aromatic rings. The largest absolute Gasteiger partial charge is 0.369 e. The molecule has 0 saturated carbocycles. The molecule has 0 atom stereocenters. The highest BCUT2D eigenvalue weighted by Crippen LogP contribution is 2.16. The maximum absolute atomic E-state index is 10.7. The van der Waals surface area contributed by atoms with Gasteiger partial charge in [0, 0.05) is 22.7 Å². The van der Waals surface area contributed by atoms with Crippen LogP contribution in [0, 0.1) is 0 Å². The molecule has 0 radical (unpaired) electrons. The molecule has 0 aliphatic rings. The Morgan fingerprint density at radius 2 is 2.32 bits per heavy atom. The fraction of sp³-hybridized carbons (Fsp3) is 0.0769. The Bertz CT molecular complexity index is 823. The number of carbonyl (C=O) groups excluding carboxylic acids is 1. The first-order valence-electron chi connectivity index (χ1n) is 6.41. The molecular weight excluding hydrogens is 302 g/mol. The molecule has 0 aliphatic heterocycles. The predicted octanol–water partition coefficient (Wildman–Crippen LogP) is 1.31. The van der Waals surface area contributed by atoms with Crippen LogP contribution in [0.4, 0.5) is 5.95 Å². The summed E-state index contributed by atoms with van der Waals surface area (Å²) in [7, 11) is 0. The van der Waals surface area contributed by atoms with Crippen LogP contribution in [0.5, 0.6) is 0 Å². The van der Waals surface area contributed by atoms with E-state index in [4.69, 9.17) is 5.73 Å². The number of nitrogens with one attached hydrogen (secondary N) is 3. The average Bonchev–Trinajstić information content (AvgIpc) is 3.13. The molecule has 3 rings (SSSR count). The van der Waals surface area contributed by atoms with Crippen molar-refractivity contribution in [2.75, 3.05) is 11.2 Å². The molecule has 22 heavy (non-hydrogen) atoms. The molecule has 0 aliphatic carbocycles. The van der Waals surface area contributed by atoms with Crippen LogP contribution in [-0.2, 0) is 4.79 Å². The highest BCUT2D eigenvalue weighted by Gasteiger charge is 2.05. The van der Waals surface area contributed by atoms with Crippen LogP contribution in [-0.4, -0.2) is 38.0 Å². The van der Waals surface area contributed by atoms with Crippen molar-refractivity contribution in [2.24, 2.45) is 10.8 Å². The number of hydrogen-bond donors (Lipinski definition) is 4. The van der Waals surface area contributed by atoms with E-state index < -0.39 is 5.91 Å². The Balaban J connectivity index is 1.63. The number of para-hydroxylation sites is 1. The number of fused-ring (bicyclic) bond motifs is 1. The van der Waals surface area contributed by atoms with Gasteiger partial charge in [0.25, 0.3) is 0 Å². The maximum atomic E-state index is 10.7. The number of thioether (sulfide) groups is 1. The van der Waals surface area contributed by atoms with E-state index in [2.05, 4.69) is 30.7 Å². The summed E-state index contributed by atoms with van der Waals surface area (Å²) in [6.07, 6.45) is 3.57. The molecule has 0 saturated heterocycles. The Labute approximate surface area is 129 Å².